The molecule has 0 spiro atoms. The van der Waals surface area contributed by atoms with Gasteiger partial charge in [-0.15, -0.1) is 0 Å². The van der Waals surface area contributed by atoms with E-state index >= 15 is 0 Å². The Labute approximate surface area is 85.9 Å². The second kappa shape index (κ2) is 4.00. The number of phenolic OH excluding ortho intramolecular Hbond substituents is 1. The van der Waals surface area contributed by atoms with Gasteiger partial charge in [0.05, 0.1) is 12.7 Å². The number of Topliss-reactive ketones (excluding diaryl/α,β-unsaturated/α-hetero) is 1. The van der Waals surface area contributed by atoms with Crippen LogP contribution in [0.25, 0.3) is 0 Å². The highest BCUT2D eigenvalue weighted by atomic mass is 16.5. The molecule has 0 fully saturated rings. The van der Waals surface area contributed by atoms with Crippen molar-refractivity contribution in [3.8, 4) is 11.5 Å². The second-order valence-corrected chi connectivity index (χ2v) is 2.97. The number of ether oxygens (including phenoxy) is 1. The zero-order valence-electron chi connectivity index (χ0n) is 8.27. The number of aliphatic carboxylic acids is 1. The number of hydrogen-bond acceptors (Lipinski definition) is 4. The lowest BCUT2D eigenvalue weighted by Crippen LogP contribution is -2.13. The Morgan fingerprint density at radius 2 is 1.93 bits per heavy atom. The third kappa shape index (κ3) is 2.07. The van der Waals surface area contributed by atoms with Crippen LogP contribution in [-0.2, 0) is 4.79 Å². The highest BCUT2D eigenvalue weighted by Crippen LogP contribution is 2.27. The molecule has 0 atom stereocenters. The molecule has 0 amide bonds. The molecule has 0 aliphatic rings. The largest absolute Gasteiger partial charge is 0.507 e. The van der Waals surface area contributed by atoms with Crippen molar-refractivity contribution in [3.05, 3.63) is 23.3 Å². The predicted octanol–water partition coefficient (Wildman–Crippen LogP) is 0.977. The van der Waals surface area contributed by atoms with Crippen molar-refractivity contribution in [1.29, 1.82) is 0 Å². The quantitative estimate of drug-likeness (QED) is 0.573. The number of methoxy groups -OCH3 is 1. The molecule has 0 saturated carbocycles. The maximum atomic E-state index is 11.2. The van der Waals surface area contributed by atoms with E-state index in [9.17, 15) is 14.7 Å². The van der Waals surface area contributed by atoms with Gasteiger partial charge in [-0.3, -0.25) is 4.79 Å². The number of carbonyl (C=O) groups excluding carboxylic acids is 1. The average molecular weight is 210 g/mol. The van der Waals surface area contributed by atoms with E-state index in [-0.39, 0.29) is 11.3 Å². The van der Waals surface area contributed by atoms with Crippen molar-refractivity contribution in [3.63, 3.8) is 0 Å². The topological polar surface area (TPSA) is 83.8 Å². The molecule has 0 aliphatic carbocycles. The van der Waals surface area contributed by atoms with Gasteiger partial charge in [-0.1, -0.05) is 0 Å². The number of ketones is 1. The van der Waals surface area contributed by atoms with Gasteiger partial charge in [-0.25, -0.2) is 4.79 Å². The first-order valence-electron chi connectivity index (χ1n) is 4.12. The van der Waals surface area contributed by atoms with Crippen molar-refractivity contribution in [2.75, 3.05) is 7.11 Å². The summed E-state index contributed by atoms with van der Waals surface area (Å²) in [7, 11) is 1.39. The Balaban J connectivity index is 3.34. The normalized spacial score (nSPS) is 9.73. The van der Waals surface area contributed by atoms with Crippen molar-refractivity contribution in [2.45, 2.75) is 6.92 Å². The van der Waals surface area contributed by atoms with E-state index in [1.807, 2.05) is 0 Å². The number of rotatable bonds is 3. The number of benzene rings is 1. The zero-order valence-corrected chi connectivity index (χ0v) is 8.27. The first-order chi connectivity index (χ1) is 6.97. The maximum absolute atomic E-state index is 11.2. The molecule has 2 N–H and O–H groups in total. The highest BCUT2D eigenvalue weighted by molar-refractivity contribution is 6.40. The molecule has 0 aromatic heterocycles. The Hall–Kier alpha value is -2.04. The van der Waals surface area contributed by atoms with E-state index in [0.29, 0.717) is 11.3 Å². The lowest BCUT2D eigenvalue weighted by molar-refractivity contribution is -0.131. The second-order valence-electron chi connectivity index (χ2n) is 2.97. The van der Waals surface area contributed by atoms with Crippen LogP contribution in [0.5, 0.6) is 11.5 Å². The van der Waals surface area contributed by atoms with Gasteiger partial charge in [0.1, 0.15) is 11.5 Å². The molecule has 0 heterocycles. The first-order valence-corrected chi connectivity index (χ1v) is 4.12. The van der Waals surface area contributed by atoms with Gasteiger partial charge in [0.2, 0.25) is 0 Å². The average Bonchev–Trinajstić information content (AvgIpc) is 2.20. The lowest BCUT2D eigenvalue weighted by Gasteiger charge is -2.07. The highest BCUT2D eigenvalue weighted by Gasteiger charge is 2.20. The molecule has 0 radical (unpaired) electrons. The number of phenols is 1. The minimum Gasteiger partial charge on any atom is -0.507 e. The van der Waals surface area contributed by atoms with E-state index in [2.05, 4.69) is 0 Å². The number of hydrogen-bond donors (Lipinski definition) is 2. The molecule has 15 heavy (non-hydrogen) atoms. The number of aryl methyl sites for hydroxylation is 1. The van der Waals surface area contributed by atoms with Crippen LogP contribution >= 0.6 is 0 Å². The molecule has 5 heteroatoms. The van der Waals surface area contributed by atoms with Crippen LogP contribution in [0, 0.1) is 6.92 Å². The first kappa shape index (κ1) is 11.0. The molecular weight excluding hydrogens is 200 g/mol. The molecule has 1 aromatic carbocycles. The molecule has 5 nitrogen and oxygen atoms in total. The monoisotopic (exact) mass is 210 g/mol. The number of carboxylic acids is 1. The van der Waals surface area contributed by atoms with Gasteiger partial charge < -0.3 is 14.9 Å². The summed E-state index contributed by atoms with van der Waals surface area (Å²) in [5, 5.41) is 18.0. The summed E-state index contributed by atoms with van der Waals surface area (Å²) in [5.74, 6) is -2.77. The van der Waals surface area contributed by atoms with Gasteiger partial charge >= 0.3 is 5.97 Å². The van der Waals surface area contributed by atoms with E-state index < -0.39 is 11.8 Å². The fourth-order valence-electron chi connectivity index (χ4n) is 1.15. The van der Waals surface area contributed by atoms with Gasteiger partial charge in [0.25, 0.3) is 5.78 Å². The Morgan fingerprint density at radius 3 is 2.40 bits per heavy atom. The van der Waals surface area contributed by atoms with Crippen LogP contribution < -0.4 is 4.74 Å². The molecule has 0 aliphatic heterocycles. The van der Waals surface area contributed by atoms with E-state index in [1.165, 1.54) is 19.2 Å². The summed E-state index contributed by atoms with van der Waals surface area (Å²) in [6, 6.07) is 2.70. The van der Waals surface area contributed by atoms with Crippen molar-refractivity contribution < 1.29 is 24.5 Å². The third-order valence-corrected chi connectivity index (χ3v) is 1.95. The fraction of sp³-hybridized carbons (Fsp3) is 0.200. The summed E-state index contributed by atoms with van der Waals surface area (Å²) < 4.78 is 4.86. The van der Waals surface area contributed by atoms with Gasteiger partial charge in [0, 0.05) is 0 Å². The van der Waals surface area contributed by atoms with Crippen molar-refractivity contribution in [1.82, 2.24) is 0 Å². The molecule has 80 valence electrons. The molecule has 0 bridgehead atoms. The Kier molecular flexibility index (Phi) is 2.94. The van der Waals surface area contributed by atoms with Crippen LogP contribution in [0.4, 0.5) is 0 Å². The predicted molar refractivity (Wildman–Crippen MR) is 51.4 cm³/mol. The maximum Gasteiger partial charge on any atom is 0.377 e. The molecular formula is C10H10O5. The number of carbonyl (C=O) groups is 2. The fourth-order valence-corrected chi connectivity index (χ4v) is 1.15. The standard InChI is InChI=1S/C10H10O5/c1-5-3-6(15-2)4-7(8(5)11)9(12)10(13)14/h3-4,11H,1-2H3,(H,13,14). The van der Waals surface area contributed by atoms with Crippen molar-refractivity contribution in [2.24, 2.45) is 0 Å². The van der Waals surface area contributed by atoms with Crippen LogP contribution in [0.15, 0.2) is 12.1 Å². The van der Waals surface area contributed by atoms with Gasteiger partial charge in [0.15, 0.2) is 0 Å². The minimum atomic E-state index is -1.61. The SMILES string of the molecule is COc1cc(C)c(O)c(C(=O)C(=O)O)c1. The molecule has 0 saturated heterocycles. The number of carboxylic acid groups (broad SMARTS) is 1. The lowest BCUT2D eigenvalue weighted by atomic mass is 10.1. The van der Waals surface area contributed by atoms with E-state index in [4.69, 9.17) is 9.84 Å². The zero-order chi connectivity index (χ0) is 11.6. The van der Waals surface area contributed by atoms with Crippen LogP contribution in [-0.4, -0.2) is 29.1 Å². The number of aromatic hydroxyl groups is 1. The Bertz CT molecular complexity index is 422. The van der Waals surface area contributed by atoms with Crippen LogP contribution in [0.1, 0.15) is 15.9 Å². The van der Waals surface area contributed by atoms with Gasteiger partial charge in [-0.05, 0) is 24.6 Å². The molecule has 1 rings (SSSR count). The molecule has 1 aromatic rings. The molecule has 0 unspecified atom stereocenters. The van der Waals surface area contributed by atoms with E-state index in [0.717, 1.165) is 0 Å². The van der Waals surface area contributed by atoms with Gasteiger partial charge in [-0.2, -0.15) is 0 Å². The summed E-state index contributed by atoms with van der Waals surface area (Å²) in [5.41, 5.74) is 0.123. The summed E-state index contributed by atoms with van der Waals surface area (Å²) >= 11 is 0. The summed E-state index contributed by atoms with van der Waals surface area (Å²) in [6.07, 6.45) is 0. The minimum absolute atomic E-state index is 0.264. The van der Waals surface area contributed by atoms with Crippen LogP contribution in [0.3, 0.4) is 0 Å². The summed E-state index contributed by atoms with van der Waals surface area (Å²) in [6.45, 7) is 1.55. The van der Waals surface area contributed by atoms with Crippen molar-refractivity contribution >= 4 is 11.8 Å². The third-order valence-electron chi connectivity index (χ3n) is 1.95. The van der Waals surface area contributed by atoms with E-state index in [1.54, 1.807) is 6.92 Å². The van der Waals surface area contributed by atoms with Crippen LogP contribution in [0.2, 0.25) is 0 Å². The Morgan fingerprint density at radius 1 is 1.33 bits per heavy atom. The smallest absolute Gasteiger partial charge is 0.377 e. The summed E-state index contributed by atoms with van der Waals surface area (Å²) in [4.78, 5) is 21.6.